The van der Waals surface area contributed by atoms with Crippen LogP contribution in [0.3, 0.4) is 0 Å². The van der Waals surface area contributed by atoms with Crippen molar-refractivity contribution in [2.75, 3.05) is 14.2 Å². The summed E-state index contributed by atoms with van der Waals surface area (Å²) in [5, 5.41) is 0. The van der Waals surface area contributed by atoms with Gasteiger partial charge in [-0.1, -0.05) is 12.2 Å². The summed E-state index contributed by atoms with van der Waals surface area (Å²) in [4.78, 5) is 24.6. The zero-order valence-electron chi connectivity index (χ0n) is 13.1. The summed E-state index contributed by atoms with van der Waals surface area (Å²) in [6.45, 7) is 0. The number of fused-ring (bicyclic) bond motifs is 6. The third-order valence-corrected chi connectivity index (χ3v) is 6.38. The summed E-state index contributed by atoms with van der Waals surface area (Å²) >= 11 is 0. The molecule has 4 aliphatic carbocycles. The van der Waals surface area contributed by atoms with E-state index < -0.39 is 17.4 Å². The van der Waals surface area contributed by atoms with Gasteiger partial charge in [-0.15, -0.1) is 0 Å². The maximum atomic E-state index is 12.3. The van der Waals surface area contributed by atoms with Crippen molar-refractivity contribution in [1.29, 1.82) is 0 Å². The molecule has 4 atom stereocenters. The molecule has 22 heavy (non-hydrogen) atoms. The van der Waals surface area contributed by atoms with Crippen LogP contribution in [0.25, 0.3) is 0 Å². The maximum Gasteiger partial charge on any atom is 0.323 e. The van der Waals surface area contributed by atoms with Crippen LogP contribution >= 0.6 is 0 Å². The van der Waals surface area contributed by atoms with Gasteiger partial charge in [-0.25, -0.2) is 0 Å². The number of carbonyl (C=O) groups is 2. The van der Waals surface area contributed by atoms with Crippen molar-refractivity contribution < 1.29 is 19.1 Å². The molecule has 0 aliphatic heterocycles. The lowest BCUT2D eigenvalue weighted by Gasteiger charge is -2.31. The van der Waals surface area contributed by atoms with Gasteiger partial charge in [0.25, 0.3) is 0 Å². The Morgan fingerprint density at radius 1 is 0.955 bits per heavy atom. The van der Waals surface area contributed by atoms with Gasteiger partial charge < -0.3 is 9.47 Å². The highest BCUT2D eigenvalue weighted by Crippen LogP contribution is 2.59. The highest BCUT2D eigenvalue weighted by Gasteiger charge is 2.56. The molecule has 0 amide bonds. The first-order valence-electron chi connectivity index (χ1n) is 8.17. The zero-order valence-corrected chi connectivity index (χ0v) is 13.1. The Hall–Kier alpha value is -1.58. The molecule has 0 spiro atoms. The van der Waals surface area contributed by atoms with E-state index in [0.717, 1.165) is 11.8 Å². The second-order valence-electron chi connectivity index (χ2n) is 7.29. The van der Waals surface area contributed by atoms with Gasteiger partial charge in [0.05, 0.1) is 14.2 Å². The minimum absolute atomic E-state index is 0.429. The van der Waals surface area contributed by atoms with Crippen LogP contribution in [0.4, 0.5) is 0 Å². The largest absolute Gasteiger partial charge is 0.468 e. The van der Waals surface area contributed by atoms with E-state index in [-0.39, 0.29) is 0 Å². The van der Waals surface area contributed by atoms with Crippen LogP contribution in [-0.2, 0) is 19.1 Å². The topological polar surface area (TPSA) is 52.6 Å². The van der Waals surface area contributed by atoms with Crippen molar-refractivity contribution >= 4 is 11.9 Å². The van der Waals surface area contributed by atoms with Crippen molar-refractivity contribution in [3.05, 3.63) is 23.3 Å². The lowest BCUT2D eigenvalue weighted by atomic mass is 9.74. The number of esters is 2. The van der Waals surface area contributed by atoms with E-state index >= 15 is 0 Å². The summed E-state index contributed by atoms with van der Waals surface area (Å²) in [6.07, 6.45) is 9.59. The van der Waals surface area contributed by atoms with E-state index in [1.54, 1.807) is 0 Å². The van der Waals surface area contributed by atoms with Crippen molar-refractivity contribution in [2.24, 2.45) is 29.1 Å². The Bertz CT molecular complexity index is 548. The van der Waals surface area contributed by atoms with Crippen molar-refractivity contribution in [1.82, 2.24) is 0 Å². The highest BCUT2D eigenvalue weighted by atomic mass is 16.5. The molecule has 3 saturated carbocycles. The predicted molar refractivity (Wildman–Crippen MR) is 79.7 cm³/mol. The SMILES string of the molecule is COC(=O)C1(C(=O)OC)CC2=CC3C4CCC(C4)C3C=C2C1. The number of ether oxygens (including phenoxy) is 2. The number of methoxy groups -OCH3 is 2. The maximum absolute atomic E-state index is 12.3. The minimum Gasteiger partial charge on any atom is -0.468 e. The smallest absolute Gasteiger partial charge is 0.323 e. The first kappa shape index (κ1) is 14.0. The summed E-state index contributed by atoms with van der Waals surface area (Å²) < 4.78 is 9.84. The number of carbonyl (C=O) groups excluding carboxylic acids is 2. The van der Waals surface area contributed by atoms with Crippen LogP contribution in [0, 0.1) is 29.1 Å². The molecule has 4 rings (SSSR count). The monoisotopic (exact) mass is 302 g/mol. The Kier molecular flexibility index (Phi) is 3.00. The van der Waals surface area contributed by atoms with Gasteiger partial charge >= 0.3 is 11.9 Å². The molecule has 0 saturated heterocycles. The van der Waals surface area contributed by atoms with Crippen molar-refractivity contribution in [2.45, 2.75) is 32.1 Å². The van der Waals surface area contributed by atoms with Crippen LogP contribution in [0.2, 0.25) is 0 Å². The molecule has 4 unspecified atom stereocenters. The fourth-order valence-corrected chi connectivity index (χ4v) is 5.37. The third-order valence-electron chi connectivity index (χ3n) is 6.38. The normalized spacial score (nSPS) is 37.0. The van der Waals surface area contributed by atoms with E-state index in [1.807, 2.05) is 0 Å². The first-order chi connectivity index (χ1) is 10.6. The predicted octanol–water partition coefficient (Wildman–Crippen LogP) is 2.64. The summed E-state index contributed by atoms with van der Waals surface area (Å²) in [6, 6.07) is 0. The molecular weight excluding hydrogens is 280 g/mol. The van der Waals surface area contributed by atoms with E-state index in [0.29, 0.717) is 24.7 Å². The summed E-state index contributed by atoms with van der Waals surface area (Å²) in [5.41, 5.74) is 1.17. The van der Waals surface area contributed by atoms with Gasteiger partial charge in [0.1, 0.15) is 0 Å². The lowest BCUT2D eigenvalue weighted by molar-refractivity contribution is -0.168. The van der Waals surface area contributed by atoms with Gasteiger partial charge in [0, 0.05) is 0 Å². The molecule has 3 fully saturated rings. The molecule has 2 bridgehead atoms. The standard InChI is InChI=1S/C18H22O4/c1-21-16(19)18(17(20)22-2)8-12-6-14-10-3-4-11(5-10)15(14)7-13(12)9-18/h6-7,10-11,14-15H,3-5,8-9H2,1-2H3. The minimum atomic E-state index is -1.17. The van der Waals surface area contributed by atoms with Crippen LogP contribution < -0.4 is 0 Å². The molecule has 0 heterocycles. The molecular formula is C18H22O4. The first-order valence-corrected chi connectivity index (χ1v) is 8.17. The van der Waals surface area contributed by atoms with Gasteiger partial charge in [0.2, 0.25) is 0 Å². The molecule has 0 N–H and O–H groups in total. The molecule has 0 aromatic heterocycles. The molecule has 0 aromatic carbocycles. The zero-order chi connectivity index (χ0) is 15.5. The van der Waals surface area contributed by atoms with Gasteiger partial charge in [0.15, 0.2) is 5.41 Å². The average Bonchev–Trinajstić information content (AvgIpc) is 3.23. The lowest BCUT2D eigenvalue weighted by Crippen LogP contribution is -2.38. The van der Waals surface area contributed by atoms with Crippen LogP contribution in [-0.4, -0.2) is 26.2 Å². The van der Waals surface area contributed by atoms with Gasteiger partial charge in [-0.3, -0.25) is 9.59 Å². The Morgan fingerprint density at radius 3 is 1.82 bits per heavy atom. The Morgan fingerprint density at radius 2 is 1.41 bits per heavy atom. The summed E-state index contributed by atoms with van der Waals surface area (Å²) in [7, 11) is 2.68. The van der Waals surface area contributed by atoms with Crippen LogP contribution in [0.15, 0.2) is 23.3 Å². The average molecular weight is 302 g/mol. The molecule has 4 nitrogen and oxygen atoms in total. The number of rotatable bonds is 2. The molecule has 0 aromatic rings. The van der Waals surface area contributed by atoms with E-state index in [1.165, 1.54) is 44.6 Å². The number of hydrogen-bond donors (Lipinski definition) is 0. The van der Waals surface area contributed by atoms with Crippen LogP contribution in [0.1, 0.15) is 32.1 Å². The van der Waals surface area contributed by atoms with Crippen molar-refractivity contribution in [3.8, 4) is 0 Å². The van der Waals surface area contributed by atoms with E-state index in [9.17, 15) is 9.59 Å². The Balaban J connectivity index is 1.70. The molecule has 0 radical (unpaired) electrons. The van der Waals surface area contributed by atoms with E-state index in [2.05, 4.69) is 12.2 Å². The Labute approximate surface area is 130 Å². The number of hydrogen-bond acceptors (Lipinski definition) is 4. The second-order valence-corrected chi connectivity index (χ2v) is 7.29. The molecule has 4 heteroatoms. The summed E-state index contributed by atoms with van der Waals surface area (Å²) in [5.74, 6) is 1.89. The van der Waals surface area contributed by atoms with Gasteiger partial charge in [-0.2, -0.15) is 0 Å². The van der Waals surface area contributed by atoms with Crippen molar-refractivity contribution in [3.63, 3.8) is 0 Å². The molecule has 4 aliphatic rings. The van der Waals surface area contributed by atoms with Crippen LogP contribution in [0.5, 0.6) is 0 Å². The molecule has 118 valence electrons. The highest BCUT2D eigenvalue weighted by molar-refractivity contribution is 6.02. The van der Waals surface area contributed by atoms with Gasteiger partial charge in [-0.05, 0) is 66.9 Å². The quantitative estimate of drug-likeness (QED) is 0.581. The second kappa shape index (κ2) is 4.71. The van der Waals surface area contributed by atoms with E-state index in [4.69, 9.17) is 9.47 Å². The third kappa shape index (κ3) is 1.70. The fourth-order valence-electron chi connectivity index (χ4n) is 5.37. The number of allylic oxidation sites excluding steroid dienone is 4. The fraction of sp³-hybridized carbons (Fsp3) is 0.667.